The lowest BCUT2D eigenvalue weighted by molar-refractivity contribution is -0.274. The summed E-state index contributed by atoms with van der Waals surface area (Å²) in [6.07, 6.45) is -0.245. The van der Waals surface area contributed by atoms with Gasteiger partial charge in [0.15, 0.2) is 0 Å². The standard InChI is InChI=1S/C13H14F3NO/c14-13(15,16)18-9-3-4-11-10(7-9)12(8-17-11)5-1-2-6-12/h3-4,7,17H,1-2,5-6,8H2. The molecule has 2 nitrogen and oxygen atoms in total. The summed E-state index contributed by atoms with van der Waals surface area (Å²) in [5.41, 5.74) is 1.97. The van der Waals surface area contributed by atoms with Crippen LogP contribution in [0, 0.1) is 0 Å². The first-order valence-corrected chi connectivity index (χ1v) is 6.13. The van der Waals surface area contributed by atoms with Gasteiger partial charge in [0.25, 0.3) is 0 Å². The maximum atomic E-state index is 12.2. The number of halogens is 3. The van der Waals surface area contributed by atoms with Gasteiger partial charge in [0.05, 0.1) is 0 Å². The minimum absolute atomic E-state index is 0.0281. The second-order valence-corrected chi connectivity index (χ2v) is 5.10. The zero-order chi connectivity index (χ0) is 12.8. The van der Waals surface area contributed by atoms with Crippen molar-refractivity contribution in [3.05, 3.63) is 23.8 Å². The van der Waals surface area contributed by atoms with Gasteiger partial charge in [-0.25, -0.2) is 0 Å². The number of nitrogens with one attached hydrogen (secondary N) is 1. The Kier molecular flexibility index (Phi) is 2.47. The molecule has 1 saturated carbocycles. The van der Waals surface area contributed by atoms with Crippen molar-refractivity contribution in [2.24, 2.45) is 0 Å². The largest absolute Gasteiger partial charge is 0.573 e. The lowest BCUT2D eigenvalue weighted by atomic mass is 9.81. The summed E-state index contributed by atoms with van der Waals surface area (Å²) in [6.45, 7) is 0.831. The SMILES string of the molecule is FC(F)(F)Oc1ccc2c(c1)C1(CCCC1)CN2. The number of alkyl halides is 3. The second-order valence-electron chi connectivity index (χ2n) is 5.10. The van der Waals surface area contributed by atoms with Crippen LogP contribution in [0.15, 0.2) is 18.2 Å². The van der Waals surface area contributed by atoms with E-state index < -0.39 is 6.36 Å². The summed E-state index contributed by atoms with van der Waals surface area (Å²) in [7, 11) is 0. The molecule has 1 spiro atoms. The van der Waals surface area contributed by atoms with Crippen LogP contribution in [0.2, 0.25) is 0 Å². The highest BCUT2D eigenvalue weighted by Crippen LogP contribution is 2.49. The van der Waals surface area contributed by atoms with Crippen LogP contribution in [0.25, 0.3) is 0 Å². The molecule has 18 heavy (non-hydrogen) atoms. The molecular weight excluding hydrogens is 243 g/mol. The average molecular weight is 257 g/mol. The normalized spacial score (nSPS) is 20.8. The van der Waals surface area contributed by atoms with Crippen LogP contribution in [0.1, 0.15) is 31.2 Å². The monoisotopic (exact) mass is 257 g/mol. The fraction of sp³-hybridized carbons (Fsp3) is 0.538. The van der Waals surface area contributed by atoms with E-state index in [4.69, 9.17) is 0 Å². The minimum Gasteiger partial charge on any atom is -0.406 e. The van der Waals surface area contributed by atoms with Crippen LogP contribution in [0.4, 0.5) is 18.9 Å². The summed E-state index contributed by atoms with van der Waals surface area (Å²) in [5, 5.41) is 3.29. The Morgan fingerprint density at radius 1 is 1.17 bits per heavy atom. The molecule has 0 atom stereocenters. The van der Waals surface area contributed by atoms with E-state index in [-0.39, 0.29) is 11.2 Å². The molecule has 1 aliphatic carbocycles. The highest BCUT2D eigenvalue weighted by atomic mass is 19.4. The van der Waals surface area contributed by atoms with E-state index >= 15 is 0 Å². The van der Waals surface area contributed by atoms with Crippen molar-refractivity contribution in [3.8, 4) is 5.75 Å². The molecule has 0 aromatic heterocycles. The molecule has 0 amide bonds. The summed E-state index contributed by atoms with van der Waals surface area (Å²) >= 11 is 0. The average Bonchev–Trinajstić information content (AvgIpc) is 2.87. The van der Waals surface area contributed by atoms with Gasteiger partial charge in [-0.15, -0.1) is 13.2 Å². The molecule has 1 aromatic rings. The molecule has 3 rings (SSSR count). The lowest BCUT2D eigenvalue weighted by Gasteiger charge is -2.23. The van der Waals surface area contributed by atoms with Gasteiger partial charge in [-0.2, -0.15) is 0 Å². The number of hydrogen-bond donors (Lipinski definition) is 1. The first-order valence-electron chi connectivity index (χ1n) is 6.13. The Bertz CT molecular complexity index is 464. The summed E-state index contributed by atoms with van der Waals surface area (Å²) in [5.74, 6) is -0.115. The fourth-order valence-electron chi connectivity index (χ4n) is 3.17. The van der Waals surface area contributed by atoms with Gasteiger partial charge in [-0.1, -0.05) is 12.8 Å². The molecule has 1 fully saturated rings. The molecule has 1 aromatic carbocycles. The molecule has 1 heterocycles. The Balaban J connectivity index is 1.94. The van der Waals surface area contributed by atoms with Gasteiger partial charge in [-0.05, 0) is 36.6 Å². The van der Waals surface area contributed by atoms with Gasteiger partial charge < -0.3 is 10.1 Å². The number of ether oxygens (including phenoxy) is 1. The summed E-state index contributed by atoms with van der Waals surface area (Å²) in [4.78, 5) is 0. The molecule has 1 aliphatic heterocycles. The number of benzene rings is 1. The van der Waals surface area contributed by atoms with Crippen LogP contribution < -0.4 is 10.1 Å². The van der Waals surface area contributed by atoms with Gasteiger partial charge >= 0.3 is 6.36 Å². The maximum Gasteiger partial charge on any atom is 0.573 e. The highest BCUT2D eigenvalue weighted by Gasteiger charge is 2.41. The van der Waals surface area contributed by atoms with Crippen molar-refractivity contribution < 1.29 is 17.9 Å². The van der Waals surface area contributed by atoms with Crippen molar-refractivity contribution in [3.63, 3.8) is 0 Å². The number of anilines is 1. The summed E-state index contributed by atoms with van der Waals surface area (Å²) in [6, 6.07) is 4.60. The third-order valence-corrected chi connectivity index (χ3v) is 3.97. The first-order chi connectivity index (χ1) is 8.49. The van der Waals surface area contributed by atoms with Crippen LogP contribution in [0.3, 0.4) is 0 Å². The molecule has 2 aliphatic rings. The van der Waals surface area contributed by atoms with Gasteiger partial charge in [0.2, 0.25) is 0 Å². The third-order valence-electron chi connectivity index (χ3n) is 3.97. The van der Waals surface area contributed by atoms with E-state index in [0.29, 0.717) is 0 Å². The molecule has 0 radical (unpaired) electrons. The lowest BCUT2D eigenvalue weighted by Crippen LogP contribution is -2.24. The van der Waals surface area contributed by atoms with E-state index in [1.165, 1.54) is 6.07 Å². The smallest absolute Gasteiger partial charge is 0.406 e. The van der Waals surface area contributed by atoms with Gasteiger partial charge in [0, 0.05) is 17.6 Å². The zero-order valence-electron chi connectivity index (χ0n) is 9.81. The Hall–Kier alpha value is -1.39. The van der Waals surface area contributed by atoms with Crippen molar-refractivity contribution in [2.75, 3.05) is 11.9 Å². The predicted octanol–water partition coefficient (Wildman–Crippen LogP) is 3.82. The topological polar surface area (TPSA) is 21.3 Å². The van der Waals surface area contributed by atoms with Crippen LogP contribution in [0.5, 0.6) is 5.75 Å². The summed E-state index contributed by atoms with van der Waals surface area (Å²) < 4.78 is 40.7. The number of hydrogen-bond acceptors (Lipinski definition) is 2. The molecule has 0 bridgehead atoms. The van der Waals surface area contributed by atoms with Gasteiger partial charge in [-0.3, -0.25) is 0 Å². The Morgan fingerprint density at radius 2 is 1.89 bits per heavy atom. The number of rotatable bonds is 1. The fourth-order valence-corrected chi connectivity index (χ4v) is 3.17. The molecular formula is C13H14F3NO. The minimum atomic E-state index is -4.62. The molecule has 98 valence electrons. The predicted molar refractivity (Wildman–Crippen MR) is 61.8 cm³/mol. The number of fused-ring (bicyclic) bond motifs is 2. The van der Waals surface area contributed by atoms with Crippen molar-refractivity contribution in [1.82, 2.24) is 0 Å². The molecule has 0 saturated heterocycles. The van der Waals surface area contributed by atoms with Crippen LogP contribution in [-0.4, -0.2) is 12.9 Å². The first kappa shape index (κ1) is 11.7. The maximum absolute atomic E-state index is 12.2. The van der Waals surface area contributed by atoms with Crippen molar-refractivity contribution >= 4 is 5.69 Å². The van der Waals surface area contributed by atoms with E-state index in [1.807, 2.05) is 0 Å². The van der Waals surface area contributed by atoms with Crippen LogP contribution in [-0.2, 0) is 5.41 Å². The Morgan fingerprint density at radius 3 is 2.56 bits per heavy atom. The molecule has 0 unspecified atom stereocenters. The van der Waals surface area contributed by atoms with Crippen molar-refractivity contribution in [1.29, 1.82) is 0 Å². The third kappa shape index (κ3) is 1.91. The molecule has 5 heteroatoms. The molecule has 1 N–H and O–H groups in total. The van der Waals surface area contributed by atoms with E-state index in [0.717, 1.165) is 43.5 Å². The highest BCUT2D eigenvalue weighted by molar-refractivity contribution is 5.62. The Labute approximate surface area is 103 Å². The zero-order valence-corrected chi connectivity index (χ0v) is 9.81. The van der Waals surface area contributed by atoms with E-state index in [1.54, 1.807) is 12.1 Å². The quantitative estimate of drug-likeness (QED) is 0.825. The van der Waals surface area contributed by atoms with E-state index in [2.05, 4.69) is 10.1 Å². The van der Waals surface area contributed by atoms with Crippen molar-refractivity contribution in [2.45, 2.75) is 37.5 Å². The van der Waals surface area contributed by atoms with Gasteiger partial charge in [0.1, 0.15) is 5.75 Å². The van der Waals surface area contributed by atoms with E-state index in [9.17, 15) is 13.2 Å². The second kappa shape index (κ2) is 3.80. The van der Waals surface area contributed by atoms with Crippen LogP contribution >= 0.6 is 0 Å².